The highest BCUT2D eigenvalue weighted by Gasteiger charge is 2.03. The molecule has 3 heteroatoms. The van der Waals surface area contributed by atoms with Gasteiger partial charge in [0.15, 0.2) is 0 Å². The highest BCUT2D eigenvalue weighted by Crippen LogP contribution is 2.22. The number of halogens is 1. The first-order valence-electron chi connectivity index (χ1n) is 4.32. The fourth-order valence-electron chi connectivity index (χ4n) is 1.36. The summed E-state index contributed by atoms with van der Waals surface area (Å²) in [5.74, 6) is 0. The zero-order chi connectivity index (χ0) is 9.84. The van der Waals surface area contributed by atoms with Crippen LogP contribution in [0.3, 0.4) is 0 Å². The van der Waals surface area contributed by atoms with Gasteiger partial charge in [-0.15, -0.1) is 0 Å². The molecule has 13 heavy (non-hydrogen) atoms. The second-order valence-electron chi connectivity index (χ2n) is 3.14. The lowest BCUT2D eigenvalue weighted by molar-refractivity contribution is 0.882. The molecule has 1 aromatic rings. The summed E-state index contributed by atoms with van der Waals surface area (Å²) in [6, 6.07) is 5.88. The minimum Gasteiger partial charge on any atom is -0.373 e. The molecule has 0 saturated carbocycles. The average Bonchev–Trinajstić information content (AvgIpc) is 2.04. The van der Waals surface area contributed by atoms with Gasteiger partial charge in [0.05, 0.1) is 0 Å². The molecule has 0 saturated heterocycles. The molecule has 1 rings (SSSR count). The standard InChI is InChI=1S/C10H15ClN2/c1-8-7-9(11)3-4-10(8)13(2)6-5-12/h3-4,7H,5-6,12H2,1-2H3. The van der Waals surface area contributed by atoms with E-state index in [1.54, 1.807) is 0 Å². The minimum absolute atomic E-state index is 0.665. The van der Waals surface area contributed by atoms with Crippen LogP contribution in [-0.4, -0.2) is 20.1 Å². The number of anilines is 1. The number of aryl methyl sites for hydroxylation is 1. The molecule has 0 spiro atoms. The van der Waals surface area contributed by atoms with Crippen LogP contribution in [0, 0.1) is 6.92 Å². The molecular formula is C10H15ClN2. The molecule has 0 atom stereocenters. The third-order valence-electron chi connectivity index (χ3n) is 2.03. The zero-order valence-electron chi connectivity index (χ0n) is 8.05. The number of benzene rings is 1. The maximum atomic E-state index is 5.86. The van der Waals surface area contributed by atoms with Crippen LogP contribution >= 0.6 is 11.6 Å². The van der Waals surface area contributed by atoms with E-state index in [0.29, 0.717) is 6.54 Å². The summed E-state index contributed by atoms with van der Waals surface area (Å²) in [7, 11) is 2.03. The van der Waals surface area contributed by atoms with E-state index in [2.05, 4.69) is 4.90 Å². The van der Waals surface area contributed by atoms with Crippen LogP contribution in [0.15, 0.2) is 18.2 Å². The van der Waals surface area contributed by atoms with E-state index < -0.39 is 0 Å². The molecule has 0 aliphatic rings. The predicted octanol–water partition coefficient (Wildman–Crippen LogP) is 2.04. The third kappa shape index (κ3) is 2.61. The normalized spacial score (nSPS) is 10.2. The molecule has 1 aromatic carbocycles. The number of likely N-dealkylation sites (N-methyl/N-ethyl adjacent to an activating group) is 1. The summed E-state index contributed by atoms with van der Waals surface area (Å²) in [4.78, 5) is 2.13. The van der Waals surface area contributed by atoms with Gasteiger partial charge in [0, 0.05) is 30.8 Å². The van der Waals surface area contributed by atoms with E-state index in [1.165, 1.54) is 11.3 Å². The summed E-state index contributed by atoms with van der Waals surface area (Å²) < 4.78 is 0. The Balaban J connectivity index is 2.88. The Morgan fingerprint density at radius 3 is 2.69 bits per heavy atom. The molecule has 0 fully saturated rings. The summed E-state index contributed by atoms with van der Waals surface area (Å²) in [6.45, 7) is 3.58. The number of hydrogen-bond acceptors (Lipinski definition) is 2. The predicted molar refractivity (Wildman–Crippen MR) is 58.5 cm³/mol. The number of hydrogen-bond donors (Lipinski definition) is 1. The van der Waals surface area contributed by atoms with Gasteiger partial charge in [0.1, 0.15) is 0 Å². The first kappa shape index (κ1) is 10.4. The van der Waals surface area contributed by atoms with Gasteiger partial charge in [-0.25, -0.2) is 0 Å². The van der Waals surface area contributed by atoms with E-state index in [9.17, 15) is 0 Å². The van der Waals surface area contributed by atoms with Crippen molar-refractivity contribution >= 4 is 17.3 Å². The van der Waals surface area contributed by atoms with Gasteiger partial charge in [-0.2, -0.15) is 0 Å². The van der Waals surface area contributed by atoms with Crippen molar-refractivity contribution in [2.75, 3.05) is 25.0 Å². The van der Waals surface area contributed by atoms with Gasteiger partial charge >= 0.3 is 0 Å². The summed E-state index contributed by atoms with van der Waals surface area (Å²) in [6.07, 6.45) is 0. The zero-order valence-corrected chi connectivity index (χ0v) is 8.80. The fourth-order valence-corrected chi connectivity index (χ4v) is 1.59. The Hall–Kier alpha value is -0.730. The van der Waals surface area contributed by atoms with Gasteiger partial charge in [-0.1, -0.05) is 11.6 Å². The van der Waals surface area contributed by atoms with Gasteiger partial charge in [-0.3, -0.25) is 0 Å². The molecule has 2 N–H and O–H groups in total. The van der Waals surface area contributed by atoms with Crippen molar-refractivity contribution in [1.82, 2.24) is 0 Å². The third-order valence-corrected chi connectivity index (χ3v) is 2.27. The van der Waals surface area contributed by atoms with Crippen molar-refractivity contribution in [3.63, 3.8) is 0 Å². The van der Waals surface area contributed by atoms with Crippen molar-refractivity contribution in [2.24, 2.45) is 5.73 Å². The Bertz CT molecular complexity index is 286. The maximum absolute atomic E-state index is 5.86. The Kier molecular flexibility index (Phi) is 3.58. The van der Waals surface area contributed by atoms with Crippen molar-refractivity contribution in [3.05, 3.63) is 28.8 Å². The quantitative estimate of drug-likeness (QED) is 0.806. The fraction of sp³-hybridized carbons (Fsp3) is 0.400. The number of rotatable bonds is 3. The topological polar surface area (TPSA) is 29.3 Å². The highest BCUT2D eigenvalue weighted by molar-refractivity contribution is 6.30. The molecule has 0 heterocycles. The van der Waals surface area contributed by atoms with E-state index in [1.807, 2.05) is 32.2 Å². The Morgan fingerprint density at radius 2 is 2.15 bits per heavy atom. The van der Waals surface area contributed by atoms with Crippen LogP contribution in [0.2, 0.25) is 5.02 Å². The van der Waals surface area contributed by atoms with Crippen LogP contribution in [0.4, 0.5) is 5.69 Å². The van der Waals surface area contributed by atoms with Crippen LogP contribution in [0.5, 0.6) is 0 Å². The molecule has 0 aromatic heterocycles. The van der Waals surface area contributed by atoms with Crippen LogP contribution < -0.4 is 10.6 Å². The molecule has 0 amide bonds. The second kappa shape index (κ2) is 4.49. The van der Waals surface area contributed by atoms with Crippen molar-refractivity contribution in [1.29, 1.82) is 0 Å². The first-order chi connectivity index (χ1) is 6.15. The maximum Gasteiger partial charge on any atom is 0.0410 e. The smallest absolute Gasteiger partial charge is 0.0410 e. The highest BCUT2D eigenvalue weighted by atomic mass is 35.5. The Labute approximate surface area is 84.3 Å². The molecule has 0 aliphatic heterocycles. The molecule has 0 aliphatic carbocycles. The van der Waals surface area contributed by atoms with Crippen LogP contribution in [-0.2, 0) is 0 Å². The molecule has 0 radical (unpaired) electrons. The first-order valence-corrected chi connectivity index (χ1v) is 4.70. The summed E-state index contributed by atoms with van der Waals surface area (Å²) in [5, 5.41) is 0.780. The van der Waals surface area contributed by atoms with Crippen LogP contribution in [0.1, 0.15) is 5.56 Å². The van der Waals surface area contributed by atoms with Gasteiger partial charge in [0.25, 0.3) is 0 Å². The monoisotopic (exact) mass is 198 g/mol. The molecule has 2 nitrogen and oxygen atoms in total. The van der Waals surface area contributed by atoms with Crippen molar-refractivity contribution in [3.8, 4) is 0 Å². The number of nitrogens with two attached hydrogens (primary N) is 1. The molecule has 0 unspecified atom stereocenters. The lowest BCUT2D eigenvalue weighted by Gasteiger charge is -2.20. The largest absolute Gasteiger partial charge is 0.373 e. The minimum atomic E-state index is 0.665. The summed E-state index contributed by atoms with van der Waals surface area (Å²) >= 11 is 5.86. The van der Waals surface area contributed by atoms with Gasteiger partial charge in [0.2, 0.25) is 0 Å². The average molecular weight is 199 g/mol. The van der Waals surface area contributed by atoms with Gasteiger partial charge < -0.3 is 10.6 Å². The lowest BCUT2D eigenvalue weighted by atomic mass is 10.2. The van der Waals surface area contributed by atoms with Crippen LogP contribution in [0.25, 0.3) is 0 Å². The second-order valence-corrected chi connectivity index (χ2v) is 3.58. The number of nitrogens with zero attached hydrogens (tertiary/aromatic N) is 1. The van der Waals surface area contributed by atoms with E-state index in [4.69, 9.17) is 17.3 Å². The Morgan fingerprint density at radius 1 is 1.46 bits per heavy atom. The van der Waals surface area contributed by atoms with E-state index >= 15 is 0 Å². The SMILES string of the molecule is Cc1cc(Cl)ccc1N(C)CCN. The molecule has 0 bridgehead atoms. The van der Waals surface area contributed by atoms with E-state index in [0.717, 1.165) is 11.6 Å². The van der Waals surface area contributed by atoms with Crippen molar-refractivity contribution < 1.29 is 0 Å². The van der Waals surface area contributed by atoms with Crippen molar-refractivity contribution in [2.45, 2.75) is 6.92 Å². The lowest BCUT2D eigenvalue weighted by Crippen LogP contribution is -2.25. The van der Waals surface area contributed by atoms with E-state index in [-0.39, 0.29) is 0 Å². The molecule has 72 valence electrons. The molecular weight excluding hydrogens is 184 g/mol. The van der Waals surface area contributed by atoms with Gasteiger partial charge in [-0.05, 0) is 30.7 Å². The summed E-state index contributed by atoms with van der Waals surface area (Å²) in [5.41, 5.74) is 7.85.